The van der Waals surface area contributed by atoms with Crippen LogP contribution in [0.15, 0.2) is 6.33 Å². The van der Waals surface area contributed by atoms with Crippen molar-refractivity contribution < 1.29 is 14.3 Å². The Balaban J connectivity index is 1.86. The van der Waals surface area contributed by atoms with Crippen LogP contribution in [0.5, 0.6) is 0 Å². The van der Waals surface area contributed by atoms with Crippen molar-refractivity contribution in [3.8, 4) is 0 Å². The predicted molar refractivity (Wildman–Crippen MR) is 106 cm³/mol. The van der Waals surface area contributed by atoms with Crippen LogP contribution in [0.4, 0.5) is 5.82 Å². The number of aryl methyl sites for hydroxylation is 1. The highest BCUT2D eigenvalue weighted by atomic mass is 32.1. The number of piperazine rings is 1. The number of carbonyl (C=O) groups excluding carboxylic acids is 2. The van der Waals surface area contributed by atoms with E-state index in [4.69, 9.17) is 4.74 Å². The summed E-state index contributed by atoms with van der Waals surface area (Å²) in [5.41, 5.74) is 0.486. The van der Waals surface area contributed by atoms with Crippen LogP contribution in [0.1, 0.15) is 42.9 Å². The van der Waals surface area contributed by atoms with E-state index < -0.39 is 0 Å². The van der Waals surface area contributed by atoms with Gasteiger partial charge in [0.15, 0.2) is 0 Å². The number of hydrogen-bond acceptors (Lipinski definition) is 7. The van der Waals surface area contributed by atoms with E-state index in [0.717, 1.165) is 21.6 Å². The van der Waals surface area contributed by atoms with Crippen molar-refractivity contribution in [1.29, 1.82) is 0 Å². The summed E-state index contributed by atoms with van der Waals surface area (Å²) in [7, 11) is 0. The minimum atomic E-state index is -0.372. The van der Waals surface area contributed by atoms with E-state index in [2.05, 4.69) is 14.9 Å². The fraction of sp³-hybridized carbons (Fsp3) is 0.579. The second kappa shape index (κ2) is 7.42. The second-order valence-electron chi connectivity index (χ2n) is 7.68. The highest BCUT2D eigenvalue weighted by Gasteiger charge is 2.31. The van der Waals surface area contributed by atoms with Crippen molar-refractivity contribution in [2.45, 2.75) is 34.6 Å². The van der Waals surface area contributed by atoms with Gasteiger partial charge in [0.25, 0.3) is 0 Å². The topological polar surface area (TPSA) is 75.6 Å². The summed E-state index contributed by atoms with van der Waals surface area (Å²) >= 11 is 1.34. The van der Waals surface area contributed by atoms with Crippen LogP contribution < -0.4 is 4.90 Å². The van der Waals surface area contributed by atoms with Gasteiger partial charge in [0, 0.05) is 31.6 Å². The maximum Gasteiger partial charge on any atom is 0.348 e. The Hall–Kier alpha value is -2.22. The van der Waals surface area contributed by atoms with Gasteiger partial charge in [-0.2, -0.15) is 0 Å². The molecule has 0 atom stereocenters. The first-order chi connectivity index (χ1) is 12.7. The van der Waals surface area contributed by atoms with Crippen molar-refractivity contribution in [2.24, 2.45) is 5.41 Å². The zero-order valence-corrected chi connectivity index (χ0v) is 17.4. The Morgan fingerprint density at radius 1 is 1.19 bits per heavy atom. The van der Waals surface area contributed by atoms with Gasteiger partial charge in [0.1, 0.15) is 21.9 Å². The Morgan fingerprint density at radius 3 is 2.44 bits per heavy atom. The number of thiophene rings is 1. The zero-order chi connectivity index (χ0) is 19.8. The van der Waals surface area contributed by atoms with E-state index in [1.165, 1.54) is 17.7 Å². The Kier molecular flexibility index (Phi) is 5.37. The third-order valence-electron chi connectivity index (χ3n) is 4.68. The molecule has 2 aromatic rings. The molecule has 0 radical (unpaired) electrons. The molecule has 0 unspecified atom stereocenters. The van der Waals surface area contributed by atoms with Gasteiger partial charge >= 0.3 is 5.97 Å². The molecule has 7 nitrogen and oxygen atoms in total. The van der Waals surface area contributed by atoms with Crippen molar-refractivity contribution >= 4 is 39.2 Å². The first kappa shape index (κ1) is 19.5. The van der Waals surface area contributed by atoms with Crippen molar-refractivity contribution in [3.63, 3.8) is 0 Å². The fourth-order valence-corrected chi connectivity index (χ4v) is 4.32. The normalized spacial score (nSPS) is 15.3. The quantitative estimate of drug-likeness (QED) is 0.750. The highest BCUT2D eigenvalue weighted by Crippen LogP contribution is 2.35. The van der Waals surface area contributed by atoms with Gasteiger partial charge in [-0.25, -0.2) is 14.8 Å². The van der Waals surface area contributed by atoms with Gasteiger partial charge in [0.2, 0.25) is 5.91 Å². The first-order valence-corrected chi connectivity index (χ1v) is 10.0. The molecule has 0 saturated carbocycles. The lowest BCUT2D eigenvalue weighted by Crippen LogP contribution is -2.51. The lowest BCUT2D eigenvalue weighted by Gasteiger charge is -2.38. The lowest BCUT2D eigenvalue weighted by molar-refractivity contribution is -0.139. The summed E-state index contributed by atoms with van der Waals surface area (Å²) in [5, 5.41) is 0.904. The maximum absolute atomic E-state index is 12.5. The van der Waals surface area contributed by atoms with Crippen LogP contribution in [0.2, 0.25) is 0 Å². The first-order valence-electron chi connectivity index (χ1n) is 9.19. The molecular weight excluding hydrogens is 364 g/mol. The number of carbonyl (C=O) groups is 2. The Labute approximate surface area is 163 Å². The van der Waals surface area contributed by atoms with E-state index in [9.17, 15) is 9.59 Å². The summed E-state index contributed by atoms with van der Waals surface area (Å²) in [4.78, 5) is 39.0. The molecular formula is C19H26N4O3S. The number of esters is 1. The number of fused-ring (bicyclic) bond motifs is 1. The predicted octanol–water partition coefficient (Wildman–Crippen LogP) is 2.87. The molecule has 1 amide bonds. The van der Waals surface area contributed by atoms with E-state index in [0.29, 0.717) is 37.7 Å². The number of amides is 1. The Morgan fingerprint density at radius 2 is 1.85 bits per heavy atom. The molecule has 3 heterocycles. The Bertz CT molecular complexity index is 864. The van der Waals surface area contributed by atoms with Crippen molar-refractivity contribution in [2.75, 3.05) is 37.7 Å². The molecule has 0 aromatic carbocycles. The van der Waals surface area contributed by atoms with Crippen LogP contribution >= 0.6 is 11.3 Å². The van der Waals surface area contributed by atoms with Crippen LogP contribution in [0, 0.1) is 12.3 Å². The summed E-state index contributed by atoms with van der Waals surface area (Å²) in [6, 6.07) is 0. The standard InChI is InChI=1S/C19H26N4O3S/c1-6-26-17(24)14-12(2)13-15(20-11-21-16(13)27-14)22-7-9-23(10-8-22)18(25)19(3,4)5/h11H,6-10H2,1-5H3. The lowest BCUT2D eigenvalue weighted by atomic mass is 9.94. The number of rotatable bonds is 3. The summed E-state index contributed by atoms with van der Waals surface area (Å²) < 4.78 is 5.16. The largest absolute Gasteiger partial charge is 0.462 e. The van der Waals surface area contributed by atoms with Crippen LogP contribution in [-0.2, 0) is 9.53 Å². The van der Waals surface area contributed by atoms with Gasteiger partial charge in [-0.15, -0.1) is 11.3 Å². The zero-order valence-electron chi connectivity index (χ0n) is 16.5. The van der Waals surface area contributed by atoms with Crippen LogP contribution in [-0.4, -0.2) is 59.5 Å². The average molecular weight is 391 g/mol. The monoisotopic (exact) mass is 390 g/mol. The van der Waals surface area contributed by atoms with E-state index in [1.54, 1.807) is 6.92 Å². The van der Waals surface area contributed by atoms with E-state index in [-0.39, 0.29) is 17.3 Å². The molecule has 27 heavy (non-hydrogen) atoms. The van der Waals surface area contributed by atoms with Crippen LogP contribution in [0.3, 0.4) is 0 Å². The third-order valence-corrected chi connectivity index (χ3v) is 5.86. The SMILES string of the molecule is CCOC(=O)c1sc2ncnc(N3CCN(C(=O)C(C)(C)C)CC3)c2c1C. The maximum atomic E-state index is 12.5. The summed E-state index contributed by atoms with van der Waals surface area (Å²) in [6.45, 7) is 12.6. The van der Waals surface area contributed by atoms with Gasteiger partial charge in [0.05, 0.1) is 12.0 Å². The summed E-state index contributed by atoms with van der Waals surface area (Å²) in [5.74, 6) is 0.683. The number of aromatic nitrogens is 2. The summed E-state index contributed by atoms with van der Waals surface area (Å²) in [6.07, 6.45) is 1.54. The molecule has 146 valence electrons. The molecule has 1 aliphatic heterocycles. The van der Waals surface area contributed by atoms with Crippen LogP contribution in [0.25, 0.3) is 10.2 Å². The minimum Gasteiger partial charge on any atom is -0.462 e. The van der Waals surface area contributed by atoms with E-state index in [1.807, 2.05) is 32.6 Å². The average Bonchev–Trinajstić information content (AvgIpc) is 2.98. The fourth-order valence-electron chi connectivity index (χ4n) is 3.28. The van der Waals surface area contributed by atoms with Gasteiger partial charge in [-0.1, -0.05) is 20.8 Å². The van der Waals surface area contributed by atoms with Gasteiger partial charge in [-0.3, -0.25) is 4.79 Å². The molecule has 1 fully saturated rings. The number of ether oxygens (including phenoxy) is 1. The highest BCUT2D eigenvalue weighted by molar-refractivity contribution is 7.20. The third kappa shape index (κ3) is 3.76. The molecule has 2 aromatic heterocycles. The van der Waals surface area contributed by atoms with Gasteiger partial charge < -0.3 is 14.5 Å². The molecule has 0 bridgehead atoms. The van der Waals surface area contributed by atoms with Crippen molar-refractivity contribution in [1.82, 2.24) is 14.9 Å². The molecule has 1 saturated heterocycles. The molecule has 0 spiro atoms. The van der Waals surface area contributed by atoms with Crippen molar-refractivity contribution in [3.05, 3.63) is 16.8 Å². The molecule has 0 aliphatic carbocycles. The molecule has 1 aliphatic rings. The number of hydrogen-bond donors (Lipinski definition) is 0. The molecule has 0 N–H and O–H groups in total. The number of anilines is 1. The molecule has 3 rings (SSSR count). The number of nitrogens with zero attached hydrogens (tertiary/aromatic N) is 4. The molecule has 8 heteroatoms. The van der Waals surface area contributed by atoms with E-state index >= 15 is 0 Å². The second-order valence-corrected chi connectivity index (χ2v) is 8.68. The minimum absolute atomic E-state index is 0.172. The smallest absolute Gasteiger partial charge is 0.348 e. The van der Waals surface area contributed by atoms with Gasteiger partial charge in [-0.05, 0) is 19.4 Å².